The van der Waals surface area contributed by atoms with Crippen molar-refractivity contribution in [2.24, 2.45) is 0 Å². The molecule has 1 amide bonds. The molecule has 3 aromatic rings. The van der Waals surface area contributed by atoms with Crippen molar-refractivity contribution < 1.29 is 9.53 Å². The lowest BCUT2D eigenvalue weighted by Crippen LogP contribution is -2.34. The van der Waals surface area contributed by atoms with E-state index in [1.54, 1.807) is 6.20 Å². The Balaban J connectivity index is 1.48. The minimum absolute atomic E-state index is 0.0358. The third-order valence-corrected chi connectivity index (χ3v) is 5.75. The Morgan fingerprint density at radius 3 is 3.09 bits per heavy atom. The summed E-state index contributed by atoms with van der Waals surface area (Å²) in [7, 11) is 0. The number of carbonyl (C=O) groups is 1. The summed E-state index contributed by atoms with van der Waals surface area (Å²) < 4.78 is 7.50. The van der Waals surface area contributed by atoms with E-state index >= 15 is 0 Å². The Morgan fingerprint density at radius 2 is 2.25 bits per heavy atom. The number of nitrogens with one attached hydrogen (secondary N) is 1. The highest BCUT2D eigenvalue weighted by Gasteiger charge is 2.26. The van der Waals surface area contributed by atoms with Crippen LogP contribution < -0.4 is 10.1 Å². The van der Waals surface area contributed by atoms with Gasteiger partial charge in [-0.1, -0.05) is 18.1 Å². The average Bonchev–Trinajstić information content (AvgIpc) is 3.17. The van der Waals surface area contributed by atoms with Crippen LogP contribution in [0.3, 0.4) is 0 Å². The van der Waals surface area contributed by atoms with E-state index in [1.807, 2.05) is 22.9 Å². The second-order valence-electron chi connectivity index (χ2n) is 8.18. The van der Waals surface area contributed by atoms with Crippen LogP contribution in [0.2, 0.25) is 0 Å². The maximum atomic E-state index is 11.2. The van der Waals surface area contributed by atoms with Crippen LogP contribution in [0.5, 0.6) is 5.75 Å². The number of ether oxygens (including phenoxy) is 1. The predicted molar refractivity (Wildman–Crippen MR) is 124 cm³/mol. The summed E-state index contributed by atoms with van der Waals surface area (Å²) in [6, 6.07) is 12.2. The SMILES string of the molecule is C#CCOc1cccc(CN2CCCC(c3nn(CCNC(C)=O)c4ncccc34)C2)c1. The lowest BCUT2D eigenvalue weighted by atomic mass is 9.93. The summed E-state index contributed by atoms with van der Waals surface area (Å²) in [6.07, 6.45) is 9.33. The zero-order valence-electron chi connectivity index (χ0n) is 18.5. The normalized spacial score (nSPS) is 16.6. The molecule has 7 nitrogen and oxygen atoms in total. The number of likely N-dealkylation sites (tertiary alicyclic amines) is 1. The standard InChI is InChI=1S/C25H29N5O2/c1-3-15-32-22-9-4-7-20(16-22)17-29-13-6-8-21(18-29)24-23-10-5-11-27-25(23)30(28-24)14-12-26-19(2)31/h1,4-5,7,9-11,16,21H,6,8,12-15,17-18H2,2H3,(H,26,31). The molecule has 166 valence electrons. The molecule has 32 heavy (non-hydrogen) atoms. The highest BCUT2D eigenvalue weighted by Crippen LogP contribution is 2.31. The summed E-state index contributed by atoms with van der Waals surface area (Å²) in [4.78, 5) is 18.3. The van der Waals surface area contributed by atoms with Crippen LogP contribution >= 0.6 is 0 Å². The van der Waals surface area contributed by atoms with Crippen molar-refractivity contribution in [3.8, 4) is 18.1 Å². The molecular weight excluding hydrogens is 402 g/mol. The van der Waals surface area contributed by atoms with Crippen LogP contribution in [0.15, 0.2) is 42.6 Å². The first-order valence-electron chi connectivity index (χ1n) is 11.1. The fourth-order valence-corrected chi connectivity index (χ4v) is 4.37. The third-order valence-electron chi connectivity index (χ3n) is 5.75. The van der Waals surface area contributed by atoms with Crippen molar-refractivity contribution in [2.45, 2.75) is 38.8 Å². The van der Waals surface area contributed by atoms with Gasteiger partial charge in [0.1, 0.15) is 12.4 Å². The topological polar surface area (TPSA) is 72.3 Å². The zero-order chi connectivity index (χ0) is 22.3. The second-order valence-corrected chi connectivity index (χ2v) is 8.18. The summed E-state index contributed by atoms with van der Waals surface area (Å²) in [5.74, 6) is 3.63. The average molecular weight is 432 g/mol. The molecule has 1 aliphatic rings. The van der Waals surface area contributed by atoms with Crippen LogP contribution in [0.1, 0.15) is 36.9 Å². The molecule has 2 aromatic heterocycles. The number of terminal acetylenes is 1. The fraction of sp³-hybridized carbons (Fsp3) is 0.400. The highest BCUT2D eigenvalue weighted by atomic mass is 16.5. The quantitative estimate of drug-likeness (QED) is 0.555. The minimum atomic E-state index is -0.0358. The van der Waals surface area contributed by atoms with Gasteiger partial charge in [0.15, 0.2) is 5.65 Å². The number of aromatic nitrogens is 3. The molecule has 0 aliphatic carbocycles. The molecule has 1 N–H and O–H groups in total. The van der Waals surface area contributed by atoms with Crippen molar-refractivity contribution >= 4 is 16.9 Å². The van der Waals surface area contributed by atoms with Gasteiger partial charge in [-0.25, -0.2) is 9.67 Å². The number of benzene rings is 1. The first-order valence-corrected chi connectivity index (χ1v) is 11.1. The Bertz CT molecular complexity index is 1120. The minimum Gasteiger partial charge on any atom is -0.481 e. The number of nitrogens with zero attached hydrogens (tertiary/aromatic N) is 4. The molecule has 0 spiro atoms. The number of carbonyl (C=O) groups excluding carboxylic acids is 1. The van der Waals surface area contributed by atoms with Crippen LogP contribution in [0.25, 0.3) is 11.0 Å². The van der Waals surface area contributed by atoms with E-state index in [4.69, 9.17) is 16.3 Å². The lowest BCUT2D eigenvalue weighted by molar-refractivity contribution is -0.118. The van der Waals surface area contributed by atoms with E-state index in [2.05, 4.69) is 39.3 Å². The van der Waals surface area contributed by atoms with E-state index in [0.717, 1.165) is 55.0 Å². The van der Waals surface area contributed by atoms with Gasteiger partial charge in [0.2, 0.25) is 5.91 Å². The number of hydrogen-bond donors (Lipinski definition) is 1. The summed E-state index contributed by atoms with van der Waals surface area (Å²) in [5, 5.41) is 8.88. The van der Waals surface area contributed by atoms with E-state index in [1.165, 1.54) is 12.5 Å². The maximum Gasteiger partial charge on any atom is 0.216 e. The monoisotopic (exact) mass is 431 g/mol. The highest BCUT2D eigenvalue weighted by molar-refractivity contribution is 5.79. The second kappa shape index (κ2) is 10.3. The van der Waals surface area contributed by atoms with Gasteiger partial charge < -0.3 is 10.1 Å². The molecule has 1 atom stereocenters. The summed E-state index contributed by atoms with van der Waals surface area (Å²) in [6.45, 7) is 5.82. The molecule has 1 fully saturated rings. The zero-order valence-corrected chi connectivity index (χ0v) is 18.5. The van der Waals surface area contributed by atoms with Gasteiger partial charge in [0.05, 0.1) is 12.2 Å². The molecule has 4 rings (SSSR count). The molecular formula is C25H29N5O2. The van der Waals surface area contributed by atoms with Crippen molar-refractivity contribution in [3.05, 3.63) is 53.9 Å². The van der Waals surface area contributed by atoms with Gasteiger partial charge in [-0.05, 0) is 49.2 Å². The van der Waals surface area contributed by atoms with Gasteiger partial charge in [-0.2, -0.15) is 5.10 Å². The van der Waals surface area contributed by atoms with Gasteiger partial charge >= 0.3 is 0 Å². The number of hydrogen-bond acceptors (Lipinski definition) is 5. The molecule has 1 unspecified atom stereocenters. The molecule has 0 radical (unpaired) electrons. The van der Waals surface area contributed by atoms with Gasteiger partial charge in [-0.15, -0.1) is 6.42 Å². The van der Waals surface area contributed by atoms with E-state index in [9.17, 15) is 4.79 Å². The van der Waals surface area contributed by atoms with Crippen molar-refractivity contribution in [1.29, 1.82) is 0 Å². The molecule has 1 saturated heterocycles. The van der Waals surface area contributed by atoms with Crippen LogP contribution in [-0.2, 0) is 17.9 Å². The van der Waals surface area contributed by atoms with Crippen LogP contribution in [0.4, 0.5) is 0 Å². The number of pyridine rings is 1. The third kappa shape index (κ3) is 5.27. The first kappa shape index (κ1) is 21.8. The summed E-state index contributed by atoms with van der Waals surface area (Å²) in [5.41, 5.74) is 3.20. The van der Waals surface area contributed by atoms with Gasteiger partial charge in [0.25, 0.3) is 0 Å². The van der Waals surface area contributed by atoms with Crippen molar-refractivity contribution in [2.75, 3.05) is 26.2 Å². The van der Waals surface area contributed by atoms with E-state index < -0.39 is 0 Å². The van der Waals surface area contributed by atoms with Gasteiger partial charge in [-0.3, -0.25) is 9.69 Å². The van der Waals surface area contributed by atoms with Crippen LogP contribution in [-0.4, -0.2) is 51.8 Å². The Hall–Kier alpha value is -3.37. The molecule has 7 heteroatoms. The smallest absolute Gasteiger partial charge is 0.216 e. The number of rotatable bonds is 8. The largest absolute Gasteiger partial charge is 0.481 e. The Morgan fingerprint density at radius 1 is 1.34 bits per heavy atom. The number of fused-ring (bicyclic) bond motifs is 1. The molecule has 3 heterocycles. The lowest BCUT2D eigenvalue weighted by Gasteiger charge is -2.32. The van der Waals surface area contributed by atoms with Crippen molar-refractivity contribution in [3.63, 3.8) is 0 Å². The number of amides is 1. The van der Waals surface area contributed by atoms with E-state index in [0.29, 0.717) is 19.0 Å². The van der Waals surface area contributed by atoms with E-state index in [-0.39, 0.29) is 12.5 Å². The Labute approximate surface area is 188 Å². The molecule has 1 aromatic carbocycles. The van der Waals surface area contributed by atoms with Crippen LogP contribution in [0, 0.1) is 12.3 Å². The van der Waals surface area contributed by atoms with Gasteiger partial charge in [0, 0.05) is 44.1 Å². The molecule has 0 bridgehead atoms. The Kier molecular flexibility index (Phi) is 7.03. The fourth-order valence-electron chi connectivity index (χ4n) is 4.37. The predicted octanol–water partition coefficient (Wildman–Crippen LogP) is 2.96. The van der Waals surface area contributed by atoms with Crippen molar-refractivity contribution in [1.82, 2.24) is 25.0 Å². The number of piperidine rings is 1. The molecule has 0 saturated carbocycles. The summed E-state index contributed by atoms with van der Waals surface area (Å²) >= 11 is 0. The maximum absolute atomic E-state index is 11.2. The molecule has 1 aliphatic heterocycles. The first-order chi connectivity index (χ1) is 15.6.